The van der Waals surface area contributed by atoms with Gasteiger partial charge >= 0.3 is 0 Å². The van der Waals surface area contributed by atoms with Crippen LogP contribution >= 0.6 is 0 Å². The van der Waals surface area contributed by atoms with Crippen molar-refractivity contribution in [2.24, 2.45) is 0 Å². The molecular formula is C28H19NO3S. The number of hydrogen-bond donors (Lipinski definition) is 0. The molecule has 33 heavy (non-hydrogen) atoms. The van der Waals surface area contributed by atoms with Crippen LogP contribution in [-0.2, 0) is 9.84 Å². The molecule has 0 spiro atoms. The van der Waals surface area contributed by atoms with Crippen molar-refractivity contribution in [1.29, 1.82) is 0 Å². The molecule has 6 rings (SSSR count). The van der Waals surface area contributed by atoms with Crippen LogP contribution in [0.15, 0.2) is 125 Å². The number of nitrogens with zero attached hydrogens (tertiary/aromatic N) is 1. The van der Waals surface area contributed by atoms with Gasteiger partial charge in [0.25, 0.3) is 0 Å². The molecule has 0 N–H and O–H groups in total. The second-order valence-electron chi connectivity index (χ2n) is 7.82. The monoisotopic (exact) mass is 449 g/mol. The number of fused-ring (bicyclic) bond motifs is 3. The van der Waals surface area contributed by atoms with Gasteiger partial charge in [-0.15, -0.1) is 0 Å². The van der Waals surface area contributed by atoms with E-state index in [1.165, 1.54) is 0 Å². The topological polar surface area (TPSA) is 46.6 Å². The third-order valence-electron chi connectivity index (χ3n) is 5.86. The Balaban J connectivity index is 1.69. The molecule has 5 aromatic rings. The van der Waals surface area contributed by atoms with Crippen LogP contribution in [0.3, 0.4) is 0 Å². The molecule has 0 fully saturated rings. The van der Waals surface area contributed by atoms with Crippen LogP contribution in [0.5, 0.6) is 11.5 Å². The van der Waals surface area contributed by atoms with Crippen molar-refractivity contribution in [1.82, 2.24) is 0 Å². The molecule has 0 saturated heterocycles. The molecule has 0 atom stereocenters. The summed E-state index contributed by atoms with van der Waals surface area (Å²) in [6.07, 6.45) is 0. The summed E-state index contributed by atoms with van der Waals surface area (Å²) in [5.41, 5.74) is 2.50. The van der Waals surface area contributed by atoms with Crippen molar-refractivity contribution >= 4 is 37.7 Å². The van der Waals surface area contributed by atoms with Crippen molar-refractivity contribution in [2.45, 2.75) is 9.79 Å². The number of anilines is 3. The Labute approximate surface area is 192 Å². The van der Waals surface area contributed by atoms with Crippen LogP contribution in [0.4, 0.5) is 17.1 Å². The fourth-order valence-electron chi connectivity index (χ4n) is 4.39. The lowest BCUT2D eigenvalue weighted by atomic mass is 10.1. The standard InChI is InChI=1S/C28H19NO3S/c30-33(31,21-12-2-1-3-13-21)27-19-9-11-20-10-8-16-24(28(20)27)29-22-14-4-6-17-25(22)32-26-18-7-5-15-23(26)29/h1-19H. The van der Waals surface area contributed by atoms with E-state index in [1.54, 1.807) is 36.4 Å². The Morgan fingerprint density at radius 2 is 1.09 bits per heavy atom. The molecule has 0 amide bonds. The van der Waals surface area contributed by atoms with Crippen molar-refractivity contribution in [3.05, 3.63) is 115 Å². The minimum Gasteiger partial charge on any atom is -0.453 e. The lowest BCUT2D eigenvalue weighted by molar-refractivity contribution is 0.477. The summed E-state index contributed by atoms with van der Waals surface area (Å²) >= 11 is 0. The number of ether oxygens (including phenoxy) is 1. The van der Waals surface area contributed by atoms with Crippen LogP contribution in [-0.4, -0.2) is 8.42 Å². The molecule has 4 nitrogen and oxygen atoms in total. The smallest absolute Gasteiger partial charge is 0.207 e. The van der Waals surface area contributed by atoms with E-state index in [9.17, 15) is 8.42 Å². The number of rotatable bonds is 3. The minimum absolute atomic E-state index is 0.273. The second-order valence-corrected chi connectivity index (χ2v) is 9.74. The van der Waals surface area contributed by atoms with Crippen molar-refractivity contribution in [2.75, 3.05) is 4.90 Å². The first-order valence-electron chi connectivity index (χ1n) is 10.6. The van der Waals surface area contributed by atoms with Gasteiger partial charge in [-0.05, 0) is 53.9 Å². The van der Waals surface area contributed by atoms with Gasteiger partial charge in [0.1, 0.15) is 0 Å². The molecule has 1 aliphatic rings. The Morgan fingerprint density at radius 3 is 1.76 bits per heavy atom. The Hall–Kier alpha value is -4.09. The maximum absolute atomic E-state index is 13.7. The van der Waals surface area contributed by atoms with Gasteiger partial charge in [-0.25, -0.2) is 8.42 Å². The molecule has 5 heteroatoms. The molecule has 0 saturated carbocycles. The summed E-state index contributed by atoms with van der Waals surface area (Å²) in [5.74, 6) is 1.44. The van der Waals surface area contributed by atoms with Crippen molar-refractivity contribution in [3.63, 3.8) is 0 Å². The summed E-state index contributed by atoms with van der Waals surface area (Å²) in [4.78, 5) is 2.64. The van der Waals surface area contributed by atoms with Crippen LogP contribution in [0.1, 0.15) is 0 Å². The summed E-state index contributed by atoms with van der Waals surface area (Å²) in [7, 11) is -3.74. The Morgan fingerprint density at radius 1 is 0.545 bits per heavy atom. The van der Waals surface area contributed by atoms with E-state index in [0.717, 1.165) is 33.9 Å². The van der Waals surface area contributed by atoms with Gasteiger partial charge in [-0.1, -0.05) is 66.7 Å². The van der Waals surface area contributed by atoms with Crippen LogP contribution < -0.4 is 9.64 Å². The highest BCUT2D eigenvalue weighted by Crippen LogP contribution is 2.52. The fourth-order valence-corrected chi connectivity index (χ4v) is 5.91. The van der Waals surface area contributed by atoms with Gasteiger partial charge in [-0.2, -0.15) is 0 Å². The highest BCUT2D eigenvalue weighted by atomic mass is 32.2. The van der Waals surface area contributed by atoms with Crippen molar-refractivity contribution in [3.8, 4) is 11.5 Å². The van der Waals surface area contributed by atoms with Gasteiger partial charge in [-0.3, -0.25) is 0 Å². The highest BCUT2D eigenvalue weighted by molar-refractivity contribution is 7.91. The molecule has 0 aromatic heterocycles. The molecule has 1 heterocycles. The Kier molecular flexibility index (Phi) is 4.45. The van der Waals surface area contributed by atoms with Crippen LogP contribution in [0.25, 0.3) is 10.8 Å². The molecular weight excluding hydrogens is 430 g/mol. The van der Waals surface area contributed by atoms with E-state index in [2.05, 4.69) is 4.90 Å². The quantitative estimate of drug-likeness (QED) is 0.285. The number of benzene rings is 5. The second kappa shape index (κ2) is 7.50. The zero-order chi connectivity index (χ0) is 22.4. The van der Waals surface area contributed by atoms with E-state index in [4.69, 9.17) is 4.74 Å². The number of hydrogen-bond acceptors (Lipinski definition) is 4. The third kappa shape index (κ3) is 3.09. The van der Waals surface area contributed by atoms with Gasteiger partial charge in [0.05, 0.1) is 26.9 Å². The van der Waals surface area contributed by atoms with Gasteiger partial charge in [0, 0.05) is 5.39 Å². The highest BCUT2D eigenvalue weighted by Gasteiger charge is 2.29. The number of sulfone groups is 1. The summed E-state index contributed by atoms with van der Waals surface area (Å²) in [6, 6.07) is 35.4. The predicted molar refractivity (Wildman–Crippen MR) is 131 cm³/mol. The van der Waals surface area contributed by atoms with E-state index < -0.39 is 9.84 Å². The van der Waals surface area contributed by atoms with Gasteiger partial charge in [0.15, 0.2) is 11.5 Å². The summed E-state index contributed by atoms with van der Waals surface area (Å²) in [6.45, 7) is 0. The average Bonchev–Trinajstić information content (AvgIpc) is 2.87. The van der Waals surface area contributed by atoms with Crippen molar-refractivity contribution < 1.29 is 13.2 Å². The lowest BCUT2D eigenvalue weighted by Gasteiger charge is -2.33. The largest absolute Gasteiger partial charge is 0.453 e. The average molecular weight is 450 g/mol. The normalized spacial score (nSPS) is 12.7. The first-order chi connectivity index (χ1) is 16.1. The summed E-state index contributed by atoms with van der Waals surface area (Å²) in [5, 5.41) is 1.53. The summed E-state index contributed by atoms with van der Waals surface area (Å²) < 4.78 is 33.6. The van der Waals surface area contributed by atoms with Crippen LogP contribution in [0.2, 0.25) is 0 Å². The number of para-hydroxylation sites is 4. The maximum Gasteiger partial charge on any atom is 0.207 e. The molecule has 1 aliphatic heterocycles. The first-order valence-corrected chi connectivity index (χ1v) is 12.1. The zero-order valence-corrected chi connectivity index (χ0v) is 18.4. The molecule has 0 bridgehead atoms. The molecule has 160 valence electrons. The van der Waals surface area contributed by atoms with Gasteiger partial charge in [0.2, 0.25) is 9.84 Å². The van der Waals surface area contributed by atoms with Gasteiger partial charge < -0.3 is 9.64 Å². The minimum atomic E-state index is -3.74. The van der Waals surface area contributed by atoms with Crippen LogP contribution in [0, 0.1) is 0 Å². The molecule has 5 aromatic carbocycles. The Bertz CT molecular complexity index is 1560. The molecule has 0 radical (unpaired) electrons. The first kappa shape index (κ1) is 19.6. The zero-order valence-electron chi connectivity index (χ0n) is 17.5. The maximum atomic E-state index is 13.7. The van der Waals surface area contributed by atoms with E-state index >= 15 is 0 Å². The van der Waals surface area contributed by atoms with E-state index in [0.29, 0.717) is 5.39 Å². The SMILES string of the molecule is O=S(=O)(c1ccccc1)c1cccc2cccc(N3c4ccccc4Oc4ccccc43)c12. The predicted octanol–water partition coefficient (Wildman–Crippen LogP) is 7.25. The fraction of sp³-hybridized carbons (Fsp3) is 0. The lowest BCUT2D eigenvalue weighted by Crippen LogP contribution is -2.16. The van der Waals surface area contributed by atoms with E-state index in [-0.39, 0.29) is 9.79 Å². The third-order valence-corrected chi connectivity index (χ3v) is 7.67. The van der Waals surface area contributed by atoms with E-state index in [1.807, 2.05) is 78.9 Å². The molecule has 0 aliphatic carbocycles. The molecule has 0 unspecified atom stereocenters.